The Hall–Kier alpha value is -1.27. The molecule has 0 bridgehead atoms. The lowest BCUT2D eigenvalue weighted by atomic mass is 10.3. The Kier molecular flexibility index (Phi) is 8.15. The molecule has 7 heteroatoms. The molecule has 0 atom stereocenters. The molecule has 0 aromatic carbocycles. The van der Waals surface area contributed by atoms with Crippen molar-refractivity contribution in [2.45, 2.75) is 31.8 Å². The highest BCUT2D eigenvalue weighted by Gasteiger charge is 2.07. The van der Waals surface area contributed by atoms with Gasteiger partial charge in [-0.05, 0) is 18.9 Å². The number of carbonyl (C=O) groups is 1. The summed E-state index contributed by atoms with van der Waals surface area (Å²) >= 11 is 7.19. The van der Waals surface area contributed by atoms with Crippen LogP contribution in [0.2, 0.25) is 5.15 Å². The highest BCUT2D eigenvalue weighted by molar-refractivity contribution is 7.99. The van der Waals surface area contributed by atoms with E-state index in [0.717, 1.165) is 25.9 Å². The largest absolute Gasteiger partial charge is 0.384 e. The third-order valence-electron chi connectivity index (χ3n) is 2.56. The van der Waals surface area contributed by atoms with Gasteiger partial charge in [0.05, 0.1) is 0 Å². The van der Waals surface area contributed by atoms with Crippen molar-refractivity contribution in [3.05, 3.63) is 23.4 Å². The minimum Gasteiger partial charge on any atom is -0.384 e. The van der Waals surface area contributed by atoms with Crippen LogP contribution in [0.3, 0.4) is 0 Å². The molecule has 0 saturated carbocycles. The number of hydrogen-bond acceptors (Lipinski definition) is 5. The van der Waals surface area contributed by atoms with Gasteiger partial charge in [0.25, 0.3) is 0 Å². The van der Waals surface area contributed by atoms with E-state index in [4.69, 9.17) is 17.3 Å². The van der Waals surface area contributed by atoms with Gasteiger partial charge in [0.1, 0.15) is 11.0 Å². The summed E-state index contributed by atoms with van der Waals surface area (Å²) in [4.78, 5) is 22.0. The van der Waals surface area contributed by atoms with E-state index >= 15 is 0 Å². The molecule has 21 heavy (non-hydrogen) atoms. The first-order chi connectivity index (χ1) is 10.1. The SMILES string of the molecule is CCCN(CCC)C(=O)/C=C/CSc1nc(N)cc(Cl)n1. The lowest BCUT2D eigenvalue weighted by Gasteiger charge is -2.19. The summed E-state index contributed by atoms with van der Waals surface area (Å²) in [7, 11) is 0. The number of carbonyl (C=O) groups excluding carboxylic acids is 1. The molecular weight excluding hydrogens is 308 g/mol. The lowest BCUT2D eigenvalue weighted by Crippen LogP contribution is -2.30. The Morgan fingerprint density at radius 2 is 2.05 bits per heavy atom. The van der Waals surface area contributed by atoms with Crippen molar-refractivity contribution >= 4 is 35.1 Å². The number of rotatable bonds is 8. The topological polar surface area (TPSA) is 72.1 Å². The van der Waals surface area contributed by atoms with Crippen LogP contribution in [0.1, 0.15) is 26.7 Å². The Labute approximate surface area is 135 Å². The molecule has 2 N–H and O–H groups in total. The third-order valence-corrected chi connectivity index (χ3v) is 3.56. The first kappa shape index (κ1) is 17.8. The van der Waals surface area contributed by atoms with Gasteiger partial charge in [-0.2, -0.15) is 0 Å². The van der Waals surface area contributed by atoms with Crippen LogP contribution in [0.5, 0.6) is 0 Å². The van der Waals surface area contributed by atoms with E-state index in [1.165, 1.54) is 17.8 Å². The summed E-state index contributed by atoms with van der Waals surface area (Å²) in [5, 5.41) is 0.832. The Morgan fingerprint density at radius 3 is 2.62 bits per heavy atom. The van der Waals surface area contributed by atoms with Crippen molar-refractivity contribution in [3.8, 4) is 0 Å². The first-order valence-corrected chi connectivity index (χ1v) is 8.31. The number of nitrogens with two attached hydrogens (primary N) is 1. The van der Waals surface area contributed by atoms with Crippen LogP contribution in [-0.2, 0) is 4.79 Å². The summed E-state index contributed by atoms with van der Waals surface area (Å²) in [5.41, 5.74) is 5.59. The fourth-order valence-electron chi connectivity index (χ4n) is 1.73. The van der Waals surface area contributed by atoms with Gasteiger partial charge in [0.2, 0.25) is 5.91 Å². The normalized spacial score (nSPS) is 11.0. The van der Waals surface area contributed by atoms with Gasteiger partial charge >= 0.3 is 0 Å². The molecule has 0 aliphatic heterocycles. The molecule has 116 valence electrons. The first-order valence-electron chi connectivity index (χ1n) is 6.95. The summed E-state index contributed by atoms with van der Waals surface area (Å²) in [5.74, 6) is 0.984. The molecule has 5 nitrogen and oxygen atoms in total. The average molecular weight is 329 g/mol. The minimum atomic E-state index is 0.0471. The summed E-state index contributed by atoms with van der Waals surface area (Å²) in [6.07, 6.45) is 5.34. The zero-order chi connectivity index (χ0) is 15.7. The van der Waals surface area contributed by atoms with Crippen LogP contribution >= 0.6 is 23.4 Å². The van der Waals surface area contributed by atoms with E-state index < -0.39 is 0 Å². The maximum absolute atomic E-state index is 12.0. The van der Waals surface area contributed by atoms with Crippen LogP contribution in [0.15, 0.2) is 23.4 Å². The van der Waals surface area contributed by atoms with Crippen molar-refractivity contribution in [2.75, 3.05) is 24.6 Å². The van der Waals surface area contributed by atoms with Crippen molar-refractivity contribution in [2.24, 2.45) is 0 Å². The highest BCUT2D eigenvalue weighted by Crippen LogP contribution is 2.17. The van der Waals surface area contributed by atoms with Gasteiger partial charge in [0.15, 0.2) is 5.16 Å². The van der Waals surface area contributed by atoms with Crippen LogP contribution in [0.4, 0.5) is 5.82 Å². The molecule has 0 spiro atoms. The molecule has 1 rings (SSSR count). The molecular formula is C14H21ClN4OS. The molecule has 0 aliphatic carbocycles. The fraction of sp³-hybridized carbons (Fsp3) is 0.500. The van der Waals surface area contributed by atoms with E-state index in [2.05, 4.69) is 23.8 Å². The number of halogens is 1. The molecule has 0 radical (unpaired) electrons. The Bertz CT molecular complexity index is 470. The molecule has 0 aliphatic rings. The van der Waals surface area contributed by atoms with Crippen LogP contribution < -0.4 is 5.73 Å². The molecule has 0 unspecified atom stereocenters. The second kappa shape index (κ2) is 9.63. The Morgan fingerprint density at radius 1 is 1.38 bits per heavy atom. The summed E-state index contributed by atoms with van der Waals surface area (Å²) < 4.78 is 0. The zero-order valence-corrected chi connectivity index (χ0v) is 14.0. The second-order valence-corrected chi connectivity index (χ2v) is 5.81. The molecule has 0 saturated heterocycles. The van der Waals surface area contributed by atoms with Gasteiger partial charge in [0, 0.05) is 24.9 Å². The van der Waals surface area contributed by atoms with Gasteiger partial charge in [-0.25, -0.2) is 9.97 Å². The van der Waals surface area contributed by atoms with Crippen LogP contribution in [0.25, 0.3) is 0 Å². The summed E-state index contributed by atoms with van der Waals surface area (Å²) in [6, 6.07) is 1.50. The smallest absolute Gasteiger partial charge is 0.246 e. The van der Waals surface area contributed by atoms with E-state index in [0.29, 0.717) is 21.9 Å². The van der Waals surface area contributed by atoms with Gasteiger partial charge < -0.3 is 10.6 Å². The number of thioether (sulfide) groups is 1. The van der Waals surface area contributed by atoms with Crippen molar-refractivity contribution in [1.82, 2.24) is 14.9 Å². The number of nitrogen functional groups attached to an aromatic ring is 1. The number of hydrogen-bond donors (Lipinski definition) is 1. The highest BCUT2D eigenvalue weighted by atomic mass is 35.5. The zero-order valence-electron chi connectivity index (χ0n) is 12.4. The number of aromatic nitrogens is 2. The van der Waals surface area contributed by atoms with Crippen LogP contribution in [0, 0.1) is 0 Å². The maximum atomic E-state index is 12.0. The number of nitrogens with zero attached hydrogens (tertiary/aromatic N) is 3. The van der Waals surface area contributed by atoms with Crippen molar-refractivity contribution in [1.29, 1.82) is 0 Å². The Balaban J connectivity index is 2.47. The summed E-state index contributed by atoms with van der Waals surface area (Å²) in [6.45, 7) is 5.71. The van der Waals surface area contributed by atoms with Crippen LogP contribution in [-0.4, -0.2) is 39.6 Å². The average Bonchev–Trinajstić information content (AvgIpc) is 2.42. The lowest BCUT2D eigenvalue weighted by molar-refractivity contribution is -0.126. The minimum absolute atomic E-state index is 0.0471. The number of anilines is 1. The molecule has 1 aromatic rings. The molecule has 1 amide bonds. The quantitative estimate of drug-likeness (QED) is 0.344. The van der Waals surface area contributed by atoms with E-state index in [-0.39, 0.29) is 5.91 Å². The van der Waals surface area contributed by atoms with Gasteiger partial charge in [-0.3, -0.25) is 4.79 Å². The van der Waals surface area contributed by atoms with E-state index in [1.54, 1.807) is 6.08 Å². The molecule has 1 heterocycles. The predicted octanol–water partition coefficient (Wildman–Crippen LogP) is 3.01. The van der Waals surface area contributed by atoms with Crippen molar-refractivity contribution < 1.29 is 4.79 Å². The maximum Gasteiger partial charge on any atom is 0.246 e. The van der Waals surface area contributed by atoms with Gasteiger partial charge in [-0.15, -0.1) is 0 Å². The standard InChI is InChI=1S/C14H21ClN4OS/c1-3-7-19(8-4-2)13(20)6-5-9-21-14-17-11(15)10-12(16)18-14/h5-6,10H,3-4,7-9H2,1-2H3,(H2,16,17,18)/b6-5+. The van der Waals surface area contributed by atoms with E-state index in [9.17, 15) is 4.79 Å². The van der Waals surface area contributed by atoms with E-state index in [1.807, 2.05) is 11.0 Å². The fourth-order valence-corrected chi connectivity index (χ4v) is 2.64. The second-order valence-electron chi connectivity index (χ2n) is 4.44. The third kappa shape index (κ3) is 6.82. The van der Waals surface area contributed by atoms with Gasteiger partial charge in [-0.1, -0.05) is 43.3 Å². The molecule has 1 aromatic heterocycles. The number of amides is 1. The molecule has 0 fully saturated rings. The monoisotopic (exact) mass is 328 g/mol. The van der Waals surface area contributed by atoms with Crippen molar-refractivity contribution in [3.63, 3.8) is 0 Å². The predicted molar refractivity (Wildman–Crippen MR) is 88.5 cm³/mol.